The fourth-order valence-corrected chi connectivity index (χ4v) is 3.65. The molecule has 2 bridgehead atoms. The molecule has 102 valence electrons. The van der Waals surface area contributed by atoms with Crippen molar-refractivity contribution in [3.05, 3.63) is 17.3 Å². The minimum absolute atomic E-state index is 0.0253. The second-order valence-electron chi connectivity index (χ2n) is 5.27. The number of nitrogens with one attached hydrogen (secondary N) is 1. The quantitative estimate of drug-likeness (QED) is 0.826. The van der Waals surface area contributed by atoms with E-state index >= 15 is 0 Å². The van der Waals surface area contributed by atoms with Crippen LogP contribution in [-0.2, 0) is 4.79 Å². The van der Waals surface area contributed by atoms with Crippen molar-refractivity contribution in [2.75, 3.05) is 5.32 Å². The van der Waals surface area contributed by atoms with Crippen LogP contribution in [0.3, 0.4) is 0 Å². The Hall–Kier alpha value is -1.43. The minimum Gasteiger partial charge on any atom is -0.369 e. The Labute approximate surface area is 114 Å². The fourth-order valence-electron chi connectivity index (χ4n) is 3.51. The molecule has 1 amide bonds. The zero-order chi connectivity index (χ0) is 13.6. The topological polar surface area (TPSA) is 80.9 Å². The molecule has 0 aliphatic heterocycles. The number of nitrogens with two attached hydrogens (primary N) is 1. The standard InChI is InChI=1S/C12H14ClFN4O/c13-12-16-4-7(14)11(18-12)17-9-6-2-1-5(3-6)8(9)10(15)19/h4-6,8-9H,1-3H2,(H2,15,19)(H,16,17,18)/t5-,6+,8?,9?/m1/s1. The predicted molar refractivity (Wildman–Crippen MR) is 67.9 cm³/mol. The number of hydrogen-bond donors (Lipinski definition) is 2. The lowest BCUT2D eigenvalue weighted by Crippen LogP contribution is -2.42. The van der Waals surface area contributed by atoms with E-state index in [1.54, 1.807) is 0 Å². The number of aromatic nitrogens is 2. The van der Waals surface area contributed by atoms with Crippen LogP contribution in [0.5, 0.6) is 0 Å². The number of fused-ring (bicyclic) bond motifs is 2. The average Bonchev–Trinajstić information content (AvgIpc) is 2.94. The Morgan fingerprint density at radius 2 is 2.21 bits per heavy atom. The van der Waals surface area contributed by atoms with Gasteiger partial charge in [0, 0.05) is 6.04 Å². The molecular weight excluding hydrogens is 271 g/mol. The summed E-state index contributed by atoms with van der Waals surface area (Å²) >= 11 is 5.66. The largest absolute Gasteiger partial charge is 0.369 e. The Balaban J connectivity index is 1.85. The predicted octanol–water partition coefficient (Wildman–Crippen LogP) is 1.58. The third kappa shape index (κ3) is 2.14. The number of rotatable bonds is 3. The number of carbonyl (C=O) groups is 1. The molecule has 2 fully saturated rings. The molecule has 2 aliphatic rings. The number of anilines is 1. The zero-order valence-electron chi connectivity index (χ0n) is 10.1. The van der Waals surface area contributed by atoms with E-state index in [4.69, 9.17) is 17.3 Å². The maximum Gasteiger partial charge on any atom is 0.224 e. The Morgan fingerprint density at radius 3 is 2.95 bits per heavy atom. The van der Waals surface area contributed by atoms with Crippen LogP contribution >= 0.6 is 11.6 Å². The Kier molecular flexibility index (Phi) is 3.05. The number of hydrogen-bond acceptors (Lipinski definition) is 4. The Bertz CT molecular complexity index is 526. The second kappa shape index (κ2) is 4.59. The van der Waals surface area contributed by atoms with Crippen molar-refractivity contribution < 1.29 is 9.18 Å². The first-order valence-electron chi connectivity index (χ1n) is 6.30. The third-order valence-electron chi connectivity index (χ3n) is 4.26. The second-order valence-corrected chi connectivity index (χ2v) is 5.61. The molecule has 2 aliphatic carbocycles. The normalized spacial score (nSPS) is 32.5. The molecule has 1 aromatic heterocycles. The summed E-state index contributed by atoms with van der Waals surface area (Å²) in [7, 11) is 0. The first kappa shape index (κ1) is 12.6. The van der Waals surface area contributed by atoms with E-state index in [0.29, 0.717) is 11.8 Å². The molecule has 2 unspecified atom stereocenters. The highest BCUT2D eigenvalue weighted by Gasteiger charge is 2.50. The highest BCUT2D eigenvalue weighted by Crippen LogP contribution is 2.49. The van der Waals surface area contributed by atoms with Crippen LogP contribution in [0, 0.1) is 23.6 Å². The number of nitrogens with zero attached hydrogens (tertiary/aromatic N) is 2. The van der Waals surface area contributed by atoms with E-state index in [1.807, 2.05) is 0 Å². The van der Waals surface area contributed by atoms with E-state index in [2.05, 4.69) is 15.3 Å². The van der Waals surface area contributed by atoms with E-state index in [0.717, 1.165) is 25.5 Å². The van der Waals surface area contributed by atoms with Gasteiger partial charge in [0.25, 0.3) is 0 Å². The van der Waals surface area contributed by atoms with Gasteiger partial charge in [0.15, 0.2) is 11.6 Å². The smallest absolute Gasteiger partial charge is 0.224 e. The van der Waals surface area contributed by atoms with Crippen molar-refractivity contribution >= 4 is 23.3 Å². The van der Waals surface area contributed by atoms with Crippen molar-refractivity contribution in [2.24, 2.45) is 23.5 Å². The van der Waals surface area contributed by atoms with Crippen LogP contribution in [0.25, 0.3) is 0 Å². The number of amides is 1. The molecule has 5 nitrogen and oxygen atoms in total. The van der Waals surface area contributed by atoms with E-state index < -0.39 is 5.82 Å². The van der Waals surface area contributed by atoms with Gasteiger partial charge in [-0.15, -0.1) is 0 Å². The molecule has 2 saturated carbocycles. The highest BCUT2D eigenvalue weighted by molar-refractivity contribution is 6.28. The molecule has 7 heteroatoms. The van der Waals surface area contributed by atoms with E-state index in [1.165, 1.54) is 0 Å². The van der Waals surface area contributed by atoms with Gasteiger partial charge in [-0.3, -0.25) is 4.79 Å². The number of primary amides is 1. The van der Waals surface area contributed by atoms with Gasteiger partial charge >= 0.3 is 0 Å². The first-order valence-corrected chi connectivity index (χ1v) is 6.68. The molecule has 1 aromatic rings. The van der Waals surface area contributed by atoms with Gasteiger partial charge in [-0.25, -0.2) is 9.37 Å². The minimum atomic E-state index is -0.574. The van der Waals surface area contributed by atoms with Crippen LogP contribution in [0.15, 0.2) is 6.20 Å². The summed E-state index contributed by atoms with van der Waals surface area (Å²) in [5, 5.41) is 2.98. The zero-order valence-corrected chi connectivity index (χ0v) is 10.9. The van der Waals surface area contributed by atoms with Crippen molar-refractivity contribution in [1.29, 1.82) is 0 Å². The van der Waals surface area contributed by atoms with Gasteiger partial charge < -0.3 is 11.1 Å². The Morgan fingerprint density at radius 1 is 1.47 bits per heavy atom. The lowest BCUT2D eigenvalue weighted by Gasteiger charge is -2.30. The summed E-state index contributed by atoms with van der Waals surface area (Å²) in [5.74, 6) is -0.465. The van der Waals surface area contributed by atoms with Gasteiger partial charge in [-0.05, 0) is 42.7 Å². The maximum absolute atomic E-state index is 13.6. The summed E-state index contributed by atoms with van der Waals surface area (Å²) in [5.41, 5.74) is 5.46. The van der Waals surface area contributed by atoms with Gasteiger partial charge in [-0.2, -0.15) is 4.98 Å². The van der Waals surface area contributed by atoms with Crippen LogP contribution < -0.4 is 11.1 Å². The van der Waals surface area contributed by atoms with Crippen LogP contribution in [0.1, 0.15) is 19.3 Å². The molecule has 4 atom stereocenters. The molecule has 0 radical (unpaired) electrons. The monoisotopic (exact) mass is 284 g/mol. The van der Waals surface area contributed by atoms with Gasteiger partial charge in [0.05, 0.1) is 12.1 Å². The van der Waals surface area contributed by atoms with Crippen molar-refractivity contribution in [2.45, 2.75) is 25.3 Å². The van der Waals surface area contributed by atoms with Gasteiger partial charge in [0.1, 0.15) is 0 Å². The summed E-state index contributed by atoms with van der Waals surface area (Å²) < 4.78 is 13.6. The van der Waals surface area contributed by atoms with Gasteiger partial charge in [-0.1, -0.05) is 0 Å². The van der Waals surface area contributed by atoms with Crippen LogP contribution in [-0.4, -0.2) is 21.9 Å². The van der Waals surface area contributed by atoms with Crippen molar-refractivity contribution in [3.8, 4) is 0 Å². The number of halogens is 2. The average molecular weight is 285 g/mol. The lowest BCUT2D eigenvalue weighted by atomic mass is 9.84. The lowest BCUT2D eigenvalue weighted by molar-refractivity contribution is -0.123. The van der Waals surface area contributed by atoms with Crippen LogP contribution in [0.4, 0.5) is 10.2 Å². The maximum atomic E-state index is 13.6. The first-order chi connectivity index (χ1) is 9.06. The summed E-state index contributed by atoms with van der Waals surface area (Å²) in [6.07, 6.45) is 4.03. The van der Waals surface area contributed by atoms with Crippen molar-refractivity contribution in [1.82, 2.24) is 9.97 Å². The van der Waals surface area contributed by atoms with Crippen LogP contribution in [0.2, 0.25) is 5.28 Å². The third-order valence-corrected chi connectivity index (χ3v) is 4.45. The number of carbonyl (C=O) groups excluding carboxylic acids is 1. The molecule has 0 saturated heterocycles. The molecule has 3 N–H and O–H groups in total. The summed E-state index contributed by atoms with van der Waals surface area (Å²) in [6.45, 7) is 0. The van der Waals surface area contributed by atoms with Gasteiger partial charge in [0.2, 0.25) is 11.2 Å². The highest BCUT2D eigenvalue weighted by atomic mass is 35.5. The van der Waals surface area contributed by atoms with E-state index in [9.17, 15) is 9.18 Å². The molecule has 0 spiro atoms. The molecule has 0 aromatic carbocycles. The fraction of sp³-hybridized carbons (Fsp3) is 0.583. The molecule has 3 rings (SSSR count). The van der Waals surface area contributed by atoms with E-state index in [-0.39, 0.29) is 29.0 Å². The molecular formula is C12H14ClFN4O. The molecule has 19 heavy (non-hydrogen) atoms. The SMILES string of the molecule is NC(=O)C1C(Nc2nc(Cl)ncc2F)[C@H]2CC[C@@H]1C2. The summed E-state index contributed by atoms with van der Waals surface area (Å²) in [4.78, 5) is 19.0. The summed E-state index contributed by atoms with van der Waals surface area (Å²) in [6, 6.07) is -0.156. The van der Waals surface area contributed by atoms with Crippen molar-refractivity contribution in [3.63, 3.8) is 0 Å². The molecule has 1 heterocycles.